The van der Waals surface area contributed by atoms with E-state index in [9.17, 15) is 14.4 Å². The van der Waals surface area contributed by atoms with Gasteiger partial charge in [0.2, 0.25) is 0 Å². The average molecular weight is 500 g/mol. The molecule has 2 amide bonds. The lowest BCUT2D eigenvalue weighted by molar-refractivity contribution is -0.127. The fraction of sp³-hybridized carbons (Fsp3) is 0.292. The maximum atomic E-state index is 13.8. The predicted molar refractivity (Wildman–Crippen MR) is 128 cm³/mol. The Morgan fingerprint density at radius 3 is 2.53 bits per heavy atom. The molecule has 1 aliphatic rings. The predicted octanol–water partition coefficient (Wildman–Crippen LogP) is 1.33. The number of carbonyl (C=O) groups excluding carboxylic acids is 3. The Bertz CT molecular complexity index is 1970. The molecule has 1 N–H and O–H groups in total. The zero-order chi connectivity index (χ0) is 35.2. The highest BCUT2D eigenvalue weighted by atomic mass is 16.5. The number of hydrogen-bond acceptors (Lipinski definition) is 8. The first-order valence-electron chi connectivity index (χ1n) is 15.7. The lowest BCUT2D eigenvalue weighted by Crippen LogP contribution is -2.52. The molecule has 5 rings (SSSR count). The Hall–Kier alpha value is -4.61. The van der Waals surface area contributed by atoms with Gasteiger partial charge in [-0.1, -0.05) is 6.04 Å². The van der Waals surface area contributed by atoms with Crippen LogP contribution < -0.4 is 4.74 Å². The number of amides is 2. The van der Waals surface area contributed by atoms with Crippen LogP contribution in [0.2, 0.25) is 0 Å². The molecule has 1 fully saturated rings. The molecule has 0 atom stereocenters. The first-order chi connectivity index (χ1) is 21.6. The summed E-state index contributed by atoms with van der Waals surface area (Å²) in [5.74, 6) is -5.08. The van der Waals surface area contributed by atoms with Gasteiger partial charge >= 0.3 is 0 Å². The molecule has 0 unspecified atom stereocenters. The van der Waals surface area contributed by atoms with Gasteiger partial charge in [-0.2, -0.15) is 5.10 Å². The normalized spacial score (nSPS) is 23.8. The Kier molecular flexibility index (Phi) is 3.45. The Labute approximate surface area is 221 Å². The van der Waals surface area contributed by atoms with Gasteiger partial charge in [-0.25, -0.2) is 14.6 Å². The van der Waals surface area contributed by atoms with Crippen molar-refractivity contribution in [2.45, 2.75) is 13.8 Å². The molecule has 1 aliphatic heterocycles. The second-order valence-corrected chi connectivity index (χ2v) is 7.34. The SMILES string of the molecule is [2H]c1nc(C(=O)N2C([2H])([2H])C([2H])([2H])N(C(=O)C(=O)c3c[nH]c4c(-n5cnc(C)n5)ncc(OC)c34)C([2H])([2H])C2([2H])[2H])c([2H])c([2H])c1C. The van der Waals surface area contributed by atoms with Crippen LogP contribution in [0.25, 0.3) is 16.7 Å². The van der Waals surface area contributed by atoms with E-state index in [1.165, 1.54) is 31.2 Å². The number of fused-ring (bicyclic) bond motifs is 1. The number of aromatic nitrogens is 6. The van der Waals surface area contributed by atoms with Crippen LogP contribution in [0.3, 0.4) is 0 Å². The average Bonchev–Trinajstić information content (AvgIpc) is 3.62. The maximum absolute atomic E-state index is 13.8. The molecule has 0 saturated carbocycles. The van der Waals surface area contributed by atoms with Gasteiger partial charge in [0.05, 0.1) is 44.9 Å². The molecular formula is C24H24N8O4. The van der Waals surface area contributed by atoms with E-state index in [1.807, 2.05) is 0 Å². The van der Waals surface area contributed by atoms with Crippen molar-refractivity contribution in [2.24, 2.45) is 0 Å². The van der Waals surface area contributed by atoms with Gasteiger partial charge in [-0.15, -0.1) is 0 Å². The smallest absolute Gasteiger partial charge is 0.295 e. The van der Waals surface area contributed by atoms with Crippen LogP contribution in [0.5, 0.6) is 5.75 Å². The highest BCUT2D eigenvalue weighted by Crippen LogP contribution is 2.31. The number of aromatic amines is 1. The molecule has 36 heavy (non-hydrogen) atoms. The van der Waals surface area contributed by atoms with Crippen LogP contribution >= 0.6 is 0 Å². The van der Waals surface area contributed by atoms with Crippen LogP contribution in [0, 0.1) is 13.8 Å². The molecule has 0 bridgehead atoms. The van der Waals surface area contributed by atoms with Crippen LogP contribution in [0.4, 0.5) is 0 Å². The van der Waals surface area contributed by atoms with Gasteiger partial charge < -0.3 is 19.5 Å². The van der Waals surface area contributed by atoms with E-state index >= 15 is 0 Å². The van der Waals surface area contributed by atoms with E-state index < -0.39 is 82.9 Å². The van der Waals surface area contributed by atoms with Crippen LogP contribution in [-0.2, 0) is 4.79 Å². The zero-order valence-corrected chi connectivity index (χ0v) is 19.0. The van der Waals surface area contributed by atoms with E-state index in [2.05, 4.69) is 25.0 Å². The number of rotatable bonds is 5. The Morgan fingerprint density at radius 1 is 1.08 bits per heavy atom. The van der Waals surface area contributed by atoms with Crippen LogP contribution in [0.15, 0.2) is 37.0 Å². The van der Waals surface area contributed by atoms with Gasteiger partial charge in [0.25, 0.3) is 17.6 Å². The maximum Gasteiger partial charge on any atom is 0.295 e. The Morgan fingerprint density at radius 2 is 1.83 bits per heavy atom. The summed E-state index contributed by atoms with van der Waals surface area (Å²) in [6.45, 7) is -12.9. The topological polar surface area (TPSA) is 139 Å². The van der Waals surface area contributed by atoms with Gasteiger partial charge in [0, 0.05) is 38.4 Å². The van der Waals surface area contributed by atoms with E-state index in [0.29, 0.717) is 5.82 Å². The molecule has 12 heteroatoms. The molecule has 4 aromatic heterocycles. The van der Waals surface area contributed by atoms with E-state index in [4.69, 9.17) is 19.8 Å². The van der Waals surface area contributed by atoms with E-state index in [-0.39, 0.29) is 28.0 Å². The first-order valence-corrected chi connectivity index (χ1v) is 10.2. The monoisotopic (exact) mass is 499 g/mol. The number of Topliss-reactive ketones (excluding diaryl/α,β-unsaturated/α-hetero) is 1. The van der Waals surface area contributed by atoms with Crippen molar-refractivity contribution in [3.05, 3.63) is 59.6 Å². The summed E-state index contributed by atoms with van der Waals surface area (Å²) < 4.78 is 98.9. The Balaban J connectivity index is 1.63. The number of hydrogen-bond donors (Lipinski definition) is 1. The van der Waals surface area contributed by atoms with Gasteiger partial charge in [0.1, 0.15) is 23.6 Å². The molecule has 4 aromatic rings. The second kappa shape index (κ2) is 9.21. The molecule has 0 aromatic carbocycles. The summed E-state index contributed by atoms with van der Waals surface area (Å²) in [4.78, 5) is 54.6. The van der Waals surface area contributed by atoms with Crippen molar-refractivity contribution in [1.29, 1.82) is 0 Å². The standard InChI is InChI=1S/C24H24N8O4/c1-14-4-5-17(25-10-14)23(34)30-6-8-31(9-7-30)24(35)21(33)16-11-26-20-19(16)18(36-3)12-27-22(20)32-13-28-15(2)29-32/h4-5,10-13,26H,6-9H2,1-3H3/i4D,5D,6D2,7D2,8D2,9D2,10D. The minimum absolute atomic E-state index is 0.0515. The molecule has 12 nitrogen and oxygen atoms in total. The minimum Gasteiger partial charge on any atom is -0.494 e. The molecule has 1 saturated heterocycles. The number of ketones is 1. The minimum atomic E-state index is -3.95. The van der Waals surface area contributed by atoms with Gasteiger partial charge in [0.15, 0.2) is 5.82 Å². The van der Waals surface area contributed by atoms with Crippen molar-refractivity contribution in [3.8, 4) is 11.6 Å². The highest BCUT2D eigenvalue weighted by Gasteiger charge is 2.31. The number of pyridine rings is 2. The summed E-state index contributed by atoms with van der Waals surface area (Å²) in [6.07, 6.45) is 2.84. The number of H-pyrrole nitrogens is 1. The molecule has 0 radical (unpaired) electrons. The number of aryl methyl sites for hydroxylation is 1. The lowest BCUT2D eigenvalue weighted by Gasteiger charge is -2.34. The second-order valence-electron chi connectivity index (χ2n) is 7.34. The fourth-order valence-corrected chi connectivity index (χ4v) is 3.29. The van der Waals surface area contributed by atoms with Crippen LogP contribution in [0.1, 0.15) is 47.3 Å². The number of nitrogens with one attached hydrogen (secondary N) is 1. The summed E-state index contributed by atoms with van der Waals surface area (Å²) in [6, 6.07) is -1.63. The van der Waals surface area contributed by atoms with Crippen molar-refractivity contribution < 1.29 is 34.2 Å². The summed E-state index contributed by atoms with van der Waals surface area (Å²) >= 11 is 0. The highest BCUT2D eigenvalue weighted by molar-refractivity contribution is 6.45. The van der Waals surface area contributed by atoms with Gasteiger partial charge in [-0.3, -0.25) is 19.4 Å². The van der Waals surface area contributed by atoms with Crippen LogP contribution in [-0.4, -0.2) is 90.2 Å². The number of piperazine rings is 1. The van der Waals surface area contributed by atoms with E-state index in [0.717, 1.165) is 6.20 Å². The quantitative estimate of drug-likeness (QED) is 0.320. The van der Waals surface area contributed by atoms with Crippen molar-refractivity contribution in [2.75, 3.05) is 33.1 Å². The van der Waals surface area contributed by atoms with E-state index in [1.54, 1.807) is 6.92 Å². The van der Waals surface area contributed by atoms with Crippen molar-refractivity contribution in [1.82, 2.24) is 39.5 Å². The molecule has 0 aliphatic carbocycles. The third kappa shape index (κ3) is 4.06. The number of ether oxygens (including phenoxy) is 1. The largest absolute Gasteiger partial charge is 0.494 e. The molecule has 0 spiro atoms. The third-order valence-corrected chi connectivity index (χ3v) is 5.00. The number of nitrogens with zero attached hydrogens (tertiary/aromatic N) is 7. The number of methoxy groups -OCH3 is 1. The number of carbonyl (C=O) groups is 3. The fourth-order valence-electron chi connectivity index (χ4n) is 3.29. The molecular weight excluding hydrogens is 464 g/mol. The summed E-state index contributed by atoms with van der Waals surface area (Å²) in [5, 5.41) is 4.08. The van der Waals surface area contributed by atoms with Gasteiger partial charge in [-0.05, 0) is 25.5 Å². The summed E-state index contributed by atoms with van der Waals surface area (Å²) in [7, 11) is 1.23. The lowest BCUT2D eigenvalue weighted by atomic mass is 10.1. The van der Waals surface area contributed by atoms with Crippen molar-refractivity contribution in [3.63, 3.8) is 0 Å². The third-order valence-electron chi connectivity index (χ3n) is 5.00. The zero-order valence-electron chi connectivity index (χ0n) is 30.0. The molecule has 5 heterocycles. The summed E-state index contributed by atoms with van der Waals surface area (Å²) in [5.41, 5.74) is -1.66. The van der Waals surface area contributed by atoms with Crippen molar-refractivity contribution >= 4 is 28.5 Å². The molecule has 184 valence electrons. The first kappa shape index (κ1) is 13.5.